The van der Waals surface area contributed by atoms with Crippen molar-refractivity contribution in [2.45, 2.75) is 131 Å². The molecule has 0 radical (unpaired) electrons. The zero-order valence-corrected chi connectivity index (χ0v) is 22.4. The number of allylic oxidation sites excluding steroid dienone is 1. The summed E-state index contributed by atoms with van der Waals surface area (Å²) in [6, 6.07) is 0.744. The van der Waals surface area contributed by atoms with Gasteiger partial charge in [-0.2, -0.15) is 0 Å². The number of fused-ring (bicyclic) bond motifs is 5. The summed E-state index contributed by atoms with van der Waals surface area (Å²) in [5.41, 5.74) is 3.18. The van der Waals surface area contributed by atoms with Crippen molar-refractivity contribution in [1.82, 2.24) is 5.32 Å². The van der Waals surface area contributed by atoms with Crippen LogP contribution >= 0.6 is 0 Å². The van der Waals surface area contributed by atoms with Crippen molar-refractivity contribution >= 4 is 0 Å². The molecule has 4 unspecified atom stereocenters. The van der Waals surface area contributed by atoms with E-state index in [4.69, 9.17) is 0 Å². The normalized spacial score (nSPS) is 51.8. The van der Waals surface area contributed by atoms with E-state index < -0.39 is 0 Å². The molecular weight excluding hydrogens is 390 g/mol. The van der Waals surface area contributed by atoms with Gasteiger partial charge in [-0.3, -0.25) is 0 Å². The van der Waals surface area contributed by atoms with Gasteiger partial charge in [-0.05, 0) is 112 Å². The fraction of sp³-hybridized carbons (Fsp3) is 0.933. The van der Waals surface area contributed by atoms with Crippen molar-refractivity contribution in [2.75, 3.05) is 0 Å². The molecule has 3 saturated carbocycles. The van der Waals surface area contributed by atoms with Gasteiger partial charge in [0.25, 0.3) is 0 Å². The molecule has 182 valence electrons. The van der Waals surface area contributed by atoms with Gasteiger partial charge in [-0.15, -0.1) is 0 Å². The summed E-state index contributed by atoms with van der Waals surface area (Å²) in [5.74, 6) is 3.35. The van der Waals surface area contributed by atoms with Crippen LogP contribution in [0.1, 0.15) is 113 Å². The van der Waals surface area contributed by atoms with Gasteiger partial charge in [0.05, 0.1) is 6.10 Å². The van der Waals surface area contributed by atoms with E-state index in [2.05, 4.69) is 66.8 Å². The topological polar surface area (TPSA) is 42.2 Å². The minimum absolute atomic E-state index is 0.0586. The van der Waals surface area contributed by atoms with Crippen molar-refractivity contribution in [3.8, 4) is 0 Å². The molecule has 0 bridgehead atoms. The Morgan fingerprint density at radius 3 is 2.25 bits per heavy atom. The van der Waals surface area contributed by atoms with Crippen molar-refractivity contribution in [1.29, 1.82) is 0 Å². The third kappa shape index (κ3) is 3.03. The number of hydrogen-bond acceptors (Lipinski definition) is 2. The molecule has 0 aromatic rings. The van der Waals surface area contributed by atoms with Gasteiger partial charge in [-0.25, -0.2) is 0 Å². The van der Waals surface area contributed by atoms with Gasteiger partial charge in [-0.1, -0.05) is 53.2 Å². The lowest BCUT2D eigenvalue weighted by molar-refractivity contribution is -0.124. The molecule has 9 atom stereocenters. The van der Waals surface area contributed by atoms with Crippen LogP contribution in [0.4, 0.5) is 0 Å². The lowest BCUT2D eigenvalue weighted by Gasteiger charge is -2.64. The van der Waals surface area contributed by atoms with E-state index in [0.29, 0.717) is 21.8 Å². The first kappa shape index (κ1) is 23.4. The number of aliphatic hydroxyl groups excluding tert-OH is 1. The molecule has 1 saturated heterocycles. The largest absolute Gasteiger partial charge is 0.392 e. The highest BCUT2D eigenvalue weighted by atomic mass is 16.3. The van der Waals surface area contributed by atoms with Crippen LogP contribution in [0.25, 0.3) is 0 Å². The molecule has 5 aliphatic rings. The second-order valence-corrected chi connectivity index (χ2v) is 14.8. The van der Waals surface area contributed by atoms with Crippen LogP contribution in [0.5, 0.6) is 0 Å². The molecule has 1 aliphatic heterocycles. The van der Waals surface area contributed by atoms with Crippen molar-refractivity contribution < 1.29 is 5.11 Å². The Morgan fingerprint density at radius 2 is 1.59 bits per heavy atom. The zero-order chi connectivity index (χ0) is 23.3. The van der Waals surface area contributed by atoms with Crippen LogP contribution in [0.15, 0.2) is 11.6 Å². The summed E-state index contributed by atoms with van der Waals surface area (Å²) in [6.45, 7) is 19.9. The lowest BCUT2D eigenvalue weighted by Crippen LogP contribution is -2.58. The summed E-state index contributed by atoms with van der Waals surface area (Å²) in [6.07, 6.45) is 14.3. The molecule has 0 spiro atoms. The van der Waals surface area contributed by atoms with Crippen molar-refractivity contribution in [2.24, 2.45) is 45.3 Å². The number of rotatable bonds is 4. The van der Waals surface area contributed by atoms with Crippen LogP contribution < -0.4 is 5.32 Å². The smallest absolute Gasteiger partial charge is 0.0628 e. The molecule has 2 nitrogen and oxygen atoms in total. The van der Waals surface area contributed by atoms with Crippen LogP contribution in [-0.2, 0) is 0 Å². The molecule has 5 rings (SSSR count). The highest BCUT2D eigenvalue weighted by molar-refractivity contribution is 5.32. The number of nitrogens with one attached hydrogen (secondary N) is 1. The van der Waals surface area contributed by atoms with Gasteiger partial charge >= 0.3 is 0 Å². The minimum atomic E-state index is -0.175. The average Bonchev–Trinajstić information content (AvgIpc) is 3.22. The second-order valence-electron chi connectivity index (χ2n) is 14.8. The summed E-state index contributed by atoms with van der Waals surface area (Å²) in [4.78, 5) is 0. The SMILES string of the molecule is C[C@H](CCC1NC1(C)C)[C@H]1CC[C@]2(C)C3CC=C4C(C)(C)C(O)CC[C@]4(C)C3CC[C@]12C. The first-order valence-corrected chi connectivity index (χ1v) is 13.9. The minimum Gasteiger partial charge on any atom is -0.392 e. The maximum atomic E-state index is 10.8. The first-order valence-electron chi connectivity index (χ1n) is 13.9. The summed E-state index contributed by atoms with van der Waals surface area (Å²) < 4.78 is 0. The van der Waals surface area contributed by atoms with Crippen LogP contribution in [-0.4, -0.2) is 22.8 Å². The molecule has 0 aromatic carbocycles. The maximum absolute atomic E-state index is 10.8. The molecule has 4 fully saturated rings. The molecule has 32 heavy (non-hydrogen) atoms. The molecule has 0 amide bonds. The summed E-state index contributed by atoms with van der Waals surface area (Å²) in [5, 5.41) is 14.5. The van der Waals surface area contributed by atoms with Gasteiger partial charge in [0.15, 0.2) is 0 Å². The van der Waals surface area contributed by atoms with Crippen LogP contribution in [0.3, 0.4) is 0 Å². The third-order valence-corrected chi connectivity index (χ3v) is 12.8. The molecule has 0 aromatic heterocycles. The fourth-order valence-corrected chi connectivity index (χ4v) is 10.2. The Morgan fingerprint density at radius 1 is 0.938 bits per heavy atom. The van der Waals surface area contributed by atoms with Crippen molar-refractivity contribution in [3.63, 3.8) is 0 Å². The molecule has 2 heteroatoms. The first-order chi connectivity index (χ1) is 14.8. The van der Waals surface area contributed by atoms with E-state index >= 15 is 0 Å². The second kappa shape index (κ2) is 7.09. The highest BCUT2D eigenvalue weighted by Crippen LogP contribution is 2.73. The molecule has 1 heterocycles. The average molecular weight is 442 g/mol. The predicted molar refractivity (Wildman–Crippen MR) is 134 cm³/mol. The molecular formula is C30H51NO. The number of aliphatic hydroxyl groups is 1. The standard InChI is InChI=1S/C30H51NO/c1-19(9-12-24-27(4,5)31-24)20-13-17-30(8)22-10-11-23-26(2,3)25(32)15-16-28(23,6)21(22)14-18-29(20,30)7/h11,19-22,24-25,31-32H,9-10,12-18H2,1-8H3/t19-,20-,21?,22?,24?,25?,28-,29-,30-/m1/s1. The van der Waals surface area contributed by atoms with Gasteiger partial charge in [0.1, 0.15) is 0 Å². The van der Waals surface area contributed by atoms with E-state index in [1.165, 1.54) is 51.4 Å². The van der Waals surface area contributed by atoms with E-state index in [1.54, 1.807) is 5.57 Å². The fourth-order valence-electron chi connectivity index (χ4n) is 10.2. The third-order valence-electron chi connectivity index (χ3n) is 12.8. The van der Waals surface area contributed by atoms with E-state index in [1.807, 2.05) is 0 Å². The molecule has 4 aliphatic carbocycles. The van der Waals surface area contributed by atoms with Gasteiger partial charge in [0, 0.05) is 17.0 Å². The Hall–Kier alpha value is -0.340. The van der Waals surface area contributed by atoms with E-state index in [0.717, 1.165) is 36.1 Å². The zero-order valence-electron chi connectivity index (χ0n) is 22.4. The van der Waals surface area contributed by atoms with E-state index in [9.17, 15) is 5.11 Å². The number of hydrogen-bond donors (Lipinski definition) is 2. The Kier molecular flexibility index (Phi) is 5.19. The van der Waals surface area contributed by atoms with Gasteiger partial charge in [0.2, 0.25) is 0 Å². The summed E-state index contributed by atoms with van der Waals surface area (Å²) in [7, 11) is 0. The predicted octanol–water partition coefficient (Wildman–Crippen LogP) is 7.12. The monoisotopic (exact) mass is 441 g/mol. The van der Waals surface area contributed by atoms with Crippen molar-refractivity contribution in [3.05, 3.63) is 11.6 Å². The maximum Gasteiger partial charge on any atom is 0.0628 e. The van der Waals surface area contributed by atoms with Crippen LogP contribution in [0.2, 0.25) is 0 Å². The highest BCUT2D eigenvalue weighted by Gasteiger charge is 2.66. The quantitative estimate of drug-likeness (QED) is 0.360. The Labute approximate surface area is 198 Å². The Balaban J connectivity index is 1.39. The molecule has 2 N–H and O–H groups in total. The van der Waals surface area contributed by atoms with E-state index in [-0.39, 0.29) is 11.5 Å². The van der Waals surface area contributed by atoms with Crippen LogP contribution in [0, 0.1) is 45.3 Å². The lowest BCUT2D eigenvalue weighted by atomic mass is 9.40. The Bertz CT molecular complexity index is 797. The summed E-state index contributed by atoms with van der Waals surface area (Å²) >= 11 is 0. The van der Waals surface area contributed by atoms with Gasteiger partial charge < -0.3 is 10.4 Å².